The van der Waals surface area contributed by atoms with Gasteiger partial charge in [-0.3, -0.25) is 4.90 Å². The van der Waals surface area contributed by atoms with Crippen LogP contribution in [0, 0.1) is 11.8 Å². The Morgan fingerprint density at radius 3 is 2.48 bits per heavy atom. The largest absolute Gasteiger partial charge is 0.390 e. The van der Waals surface area contributed by atoms with Crippen molar-refractivity contribution in [3.63, 3.8) is 0 Å². The van der Waals surface area contributed by atoms with Crippen molar-refractivity contribution in [2.24, 2.45) is 11.8 Å². The maximum absolute atomic E-state index is 10.9. The second-order valence-corrected chi connectivity index (χ2v) is 7.69. The molecule has 0 aromatic carbocycles. The van der Waals surface area contributed by atoms with Gasteiger partial charge in [-0.15, -0.1) is 0 Å². The van der Waals surface area contributed by atoms with E-state index in [1.807, 2.05) is 0 Å². The Balaban J connectivity index is 1.82. The quantitative estimate of drug-likeness (QED) is 0.840. The first-order valence-corrected chi connectivity index (χ1v) is 8.64. The van der Waals surface area contributed by atoms with Crippen LogP contribution < -0.4 is 0 Å². The minimum Gasteiger partial charge on any atom is -0.390 e. The van der Waals surface area contributed by atoms with Gasteiger partial charge >= 0.3 is 0 Å². The van der Waals surface area contributed by atoms with Gasteiger partial charge in [-0.25, -0.2) is 0 Å². The molecule has 2 saturated heterocycles. The second kappa shape index (κ2) is 7.40. The molecule has 2 aliphatic rings. The van der Waals surface area contributed by atoms with Crippen LogP contribution in [0.15, 0.2) is 0 Å². The van der Waals surface area contributed by atoms with E-state index in [-0.39, 0.29) is 6.10 Å². The summed E-state index contributed by atoms with van der Waals surface area (Å²) in [5.41, 5.74) is -0.490. The number of ether oxygens (including phenoxy) is 1. The van der Waals surface area contributed by atoms with Gasteiger partial charge in [0.15, 0.2) is 0 Å². The number of nitrogens with zero attached hydrogens (tertiary/aromatic N) is 2. The fraction of sp³-hybridized carbons (Fsp3) is 1.00. The summed E-state index contributed by atoms with van der Waals surface area (Å²) < 4.78 is 5.95. The van der Waals surface area contributed by atoms with Gasteiger partial charge in [0.25, 0.3) is 0 Å². The van der Waals surface area contributed by atoms with E-state index in [1.165, 1.54) is 0 Å². The molecular formula is C17H34N2O2. The summed E-state index contributed by atoms with van der Waals surface area (Å²) in [6, 6.07) is 0. The Hall–Kier alpha value is -0.160. The lowest BCUT2D eigenvalue weighted by Crippen LogP contribution is -2.50. The lowest BCUT2D eigenvalue weighted by molar-refractivity contribution is -0.0928. The maximum atomic E-state index is 10.9. The van der Waals surface area contributed by atoms with Crippen LogP contribution in [0.5, 0.6) is 0 Å². The first-order chi connectivity index (χ1) is 9.89. The van der Waals surface area contributed by atoms with Crippen LogP contribution in [0.25, 0.3) is 0 Å². The minimum absolute atomic E-state index is 0.288. The van der Waals surface area contributed by atoms with Crippen molar-refractivity contribution in [2.45, 2.75) is 51.7 Å². The van der Waals surface area contributed by atoms with E-state index >= 15 is 0 Å². The third-order valence-electron chi connectivity index (χ3n) is 5.23. The highest BCUT2D eigenvalue weighted by molar-refractivity contribution is 4.91. The number of hydrogen-bond donors (Lipinski definition) is 1. The highest BCUT2D eigenvalue weighted by Crippen LogP contribution is 2.33. The predicted octanol–water partition coefficient (Wildman–Crippen LogP) is 1.83. The molecule has 0 amide bonds. The summed E-state index contributed by atoms with van der Waals surface area (Å²) in [6.07, 6.45) is 3.06. The molecule has 0 saturated carbocycles. The number of morpholine rings is 1. The van der Waals surface area contributed by atoms with Crippen molar-refractivity contribution in [3.8, 4) is 0 Å². The Morgan fingerprint density at radius 1 is 1.19 bits per heavy atom. The number of hydrogen-bond acceptors (Lipinski definition) is 4. The Labute approximate surface area is 130 Å². The van der Waals surface area contributed by atoms with Gasteiger partial charge in [0.1, 0.15) is 0 Å². The SMILES string of the molecule is CC(C)CN1CCOC(CC(C)C2(O)CCN(C)CC2)C1. The van der Waals surface area contributed by atoms with Gasteiger partial charge in [-0.1, -0.05) is 20.8 Å². The van der Waals surface area contributed by atoms with Gasteiger partial charge in [0, 0.05) is 32.7 Å². The third-order valence-corrected chi connectivity index (χ3v) is 5.23. The maximum Gasteiger partial charge on any atom is 0.0706 e. The topological polar surface area (TPSA) is 35.9 Å². The van der Waals surface area contributed by atoms with E-state index in [0.717, 1.165) is 58.6 Å². The van der Waals surface area contributed by atoms with Crippen molar-refractivity contribution in [2.75, 3.05) is 46.4 Å². The molecule has 2 aliphatic heterocycles. The monoisotopic (exact) mass is 298 g/mol. The van der Waals surface area contributed by atoms with Crippen LogP contribution in [-0.2, 0) is 4.74 Å². The molecule has 2 unspecified atom stereocenters. The lowest BCUT2D eigenvalue weighted by Gasteiger charge is -2.43. The smallest absolute Gasteiger partial charge is 0.0706 e. The van der Waals surface area contributed by atoms with Crippen LogP contribution in [0.3, 0.4) is 0 Å². The molecule has 0 radical (unpaired) electrons. The molecule has 124 valence electrons. The Morgan fingerprint density at radius 2 is 1.86 bits per heavy atom. The molecule has 0 spiro atoms. The number of piperidine rings is 1. The molecule has 0 aromatic rings. The second-order valence-electron chi connectivity index (χ2n) is 7.69. The van der Waals surface area contributed by atoms with Gasteiger partial charge in [-0.05, 0) is 38.1 Å². The van der Waals surface area contributed by atoms with Crippen molar-refractivity contribution in [1.29, 1.82) is 0 Å². The molecule has 0 aliphatic carbocycles. The Kier molecular flexibility index (Phi) is 6.06. The first-order valence-electron chi connectivity index (χ1n) is 8.64. The molecule has 2 atom stereocenters. The summed E-state index contributed by atoms with van der Waals surface area (Å²) in [7, 11) is 2.14. The van der Waals surface area contributed by atoms with Crippen LogP contribution in [0.1, 0.15) is 40.0 Å². The number of likely N-dealkylation sites (tertiary alicyclic amines) is 1. The summed E-state index contributed by atoms with van der Waals surface area (Å²) in [6.45, 7) is 12.8. The average Bonchev–Trinajstić information content (AvgIpc) is 2.42. The first kappa shape index (κ1) is 17.2. The van der Waals surface area contributed by atoms with Crippen molar-refractivity contribution in [1.82, 2.24) is 9.80 Å². The molecule has 0 bridgehead atoms. The highest BCUT2D eigenvalue weighted by Gasteiger charge is 2.38. The standard InChI is InChI=1S/C17H34N2O2/c1-14(2)12-19-9-10-21-16(13-19)11-15(3)17(20)5-7-18(4)8-6-17/h14-16,20H,5-13H2,1-4H3. The van der Waals surface area contributed by atoms with Crippen molar-refractivity contribution >= 4 is 0 Å². The van der Waals surface area contributed by atoms with E-state index in [0.29, 0.717) is 11.8 Å². The van der Waals surface area contributed by atoms with Crippen LogP contribution in [0.2, 0.25) is 0 Å². The highest BCUT2D eigenvalue weighted by atomic mass is 16.5. The Bertz CT molecular complexity index is 314. The lowest BCUT2D eigenvalue weighted by atomic mass is 9.78. The van der Waals surface area contributed by atoms with Gasteiger partial charge in [0.2, 0.25) is 0 Å². The molecule has 4 heteroatoms. The van der Waals surface area contributed by atoms with Gasteiger partial charge in [0.05, 0.1) is 18.3 Å². The van der Waals surface area contributed by atoms with E-state index < -0.39 is 5.60 Å². The van der Waals surface area contributed by atoms with Gasteiger partial charge < -0.3 is 14.7 Å². The van der Waals surface area contributed by atoms with Crippen LogP contribution in [0.4, 0.5) is 0 Å². The fourth-order valence-corrected chi connectivity index (χ4v) is 3.72. The molecule has 2 heterocycles. The molecule has 2 fully saturated rings. The van der Waals surface area contributed by atoms with Crippen molar-refractivity contribution < 1.29 is 9.84 Å². The number of aliphatic hydroxyl groups is 1. The predicted molar refractivity (Wildman–Crippen MR) is 86.5 cm³/mol. The molecule has 4 nitrogen and oxygen atoms in total. The molecule has 0 aromatic heterocycles. The van der Waals surface area contributed by atoms with E-state index in [1.54, 1.807) is 0 Å². The average molecular weight is 298 g/mol. The molecule has 1 N–H and O–H groups in total. The molecule has 2 rings (SSSR count). The van der Waals surface area contributed by atoms with Gasteiger partial charge in [-0.2, -0.15) is 0 Å². The molecule has 21 heavy (non-hydrogen) atoms. The number of rotatable bonds is 5. The van der Waals surface area contributed by atoms with Crippen LogP contribution in [-0.4, -0.2) is 73.0 Å². The normalized spacial score (nSPS) is 29.7. The van der Waals surface area contributed by atoms with E-state index in [2.05, 4.69) is 37.6 Å². The minimum atomic E-state index is -0.490. The third kappa shape index (κ3) is 4.92. The fourth-order valence-electron chi connectivity index (χ4n) is 3.72. The van der Waals surface area contributed by atoms with Crippen LogP contribution >= 0.6 is 0 Å². The zero-order chi connectivity index (χ0) is 15.5. The summed E-state index contributed by atoms with van der Waals surface area (Å²) in [4.78, 5) is 4.83. The zero-order valence-corrected chi connectivity index (χ0v) is 14.3. The zero-order valence-electron chi connectivity index (χ0n) is 14.3. The van der Waals surface area contributed by atoms with E-state index in [4.69, 9.17) is 4.74 Å². The van der Waals surface area contributed by atoms with E-state index in [9.17, 15) is 5.11 Å². The summed E-state index contributed by atoms with van der Waals surface area (Å²) in [5.74, 6) is 1.02. The summed E-state index contributed by atoms with van der Waals surface area (Å²) >= 11 is 0. The van der Waals surface area contributed by atoms with Crippen molar-refractivity contribution in [3.05, 3.63) is 0 Å². The summed E-state index contributed by atoms with van der Waals surface area (Å²) in [5, 5.41) is 10.9. The molecular weight excluding hydrogens is 264 g/mol.